The average Bonchev–Trinajstić information content (AvgIpc) is 3.90. The lowest BCUT2D eigenvalue weighted by molar-refractivity contribution is -0.123. The van der Waals surface area contributed by atoms with Crippen LogP contribution in [0.15, 0.2) is 24.4 Å². The van der Waals surface area contributed by atoms with E-state index in [-0.39, 0.29) is 24.2 Å². The summed E-state index contributed by atoms with van der Waals surface area (Å²) in [6.45, 7) is 9.47. The fourth-order valence-electron chi connectivity index (χ4n) is 10.7. The zero-order chi connectivity index (χ0) is 44.0. The molecule has 2 aliphatic carbocycles. The molecule has 5 fully saturated rings. The van der Waals surface area contributed by atoms with Crippen molar-refractivity contribution in [3.63, 3.8) is 0 Å². The number of nitrogens with zero attached hydrogens (tertiary/aromatic N) is 8. The molecule has 0 radical (unpaired) electrons. The van der Waals surface area contributed by atoms with Crippen molar-refractivity contribution in [2.45, 2.75) is 120 Å². The summed E-state index contributed by atoms with van der Waals surface area (Å²) in [6.07, 6.45) is 16.9. The number of carbonyl (C=O) groups excluding carboxylic acids is 5. The number of nitrogens with one attached hydrogen (secondary N) is 2. The molecular weight excluding hydrogens is 805 g/mol. The summed E-state index contributed by atoms with van der Waals surface area (Å²) in [7, 11) is 7.51. The van der Waals surface area contributed by atoms with Crippen molar-refractivity contribution in [2.75, 3.05) is 87.5 Å². The second kappa shape index (κ2) is 20.2. The monoisotopic (exact) mass is 873 g/mol. The maximum Gasteiger partial charge on any atom is 0.242 e. The van der Waals surface area contributed by atoms with Crippen LogP contribution in [0.2, 0.25) is 0 Å². The lowest BCUT2D eigenvalue weighted by Crippen LogP contribution is -2.60. The van der Waals surface area contributed by atoms with Crippen molar-refractivity contribution in [3.8, 4) is 0 Å². The van der Waals surface area contributed by atoms with Gasteiger partial charge < -0.3 is 34.9 Å². The van der Waals surface area contributed by atoms with Gasteiger partial charge in [-0.25, -0.2) is 13.6 Å². The quantitative estimate of drug-likeness (QED) is 0.127. The number of aromatic nitrogens is 2. The van der Waals surface area contributed by atoms with Gasteiger partial charge in [0.1, 0.15) is 24.4 Å². The first-order valence-corrected chi connectivity index (χ1v) is 23.7. The Balaban J connectivity index is 0.000000199. The van der Waals surface area contributed by atoms with Gasteiger partial charge in [0.25, 0.3) is 0 Å². The van der Waals surface area contributed by atoms with E-state index in [2.05, 4.69) is 43.0 Å². The van der Waals surface area contributed by atoms with Gasteiger partial charge in [-0.1, -0.05) is 25.5 Å². The molecule has 15 nitrogen and oxygen atoms in total. The van der Waals surface area contributed by atoms with Gasteiger partial charge in [0.05, 0.1) is 16.8 Å². The van der Waals surface area contributed by atoms with Gasteiger partial charge in [0, 0.05) is 108 Å². The lowest BCUT2D eigenvalue weighted by Gasteiger charge is -2.54. The number of aryl methyl sites for hydroxylation is 1. The maximum absolute atomic E-state index is 13.5. The van der Waals surface area contributed by atoms with Crippen molar-refractivity contribution in [1.29, 1.82) is 0 Å². The van der Waals surface area contributed by atoms with E-state index >= 15 is 0 Å². The normalized spacial score (nSPS) is 23.5. The molecule has 0 bridgehead atoms. The summed E-state index contributed by atoms with van der Waals surface area (Å²) in [6, 6.07) is 5.48. The van der Waals surface area contributed by atoms with Gasteiger partial charge >= 0.3 is 0 Å². The first-order chi connectivity index (χ1) is 30.0. The van der Waals surface area contributed by atoms with Crippen LogP contribution in [0.1, 0.15) is 102 Å². The number of carbonyl (C=O) groups is 5. The number of unbranched alkanes of at least 4 members (excludes halogenated alkanes) is 1. The molecular formula is C46H68N10O5S. The predicted molar refractivity (Wildman–Crippen MR) is 245 cm³/mol. The smallest absolute Gasteiger partial charge is 0.242 e. The number of hydrogen-bond donors (Lipinski definition) is 2. The second-order valence-electron chi connectivity index (χ2n) is 18.9. The predicted octanol–water partition coefficient (Wildman–Crippen LogP) is 4.84. The molecule has 338 valence electrons. The Morgan fingerprint density at radius 1 is 0.984 bits per heavy atom. The third-order valence-electron chi connectivity index (χ3n) is 14.1. The van der Waals surface area contributed by atoms with Crippen LogP contribution >= 0.6 is 12.1 Å². The van der Waals surface area contributed by atoms with Crippen molar-refractivity contribution in [2.24, 2.45) is 11.3 Å². The zero-order valence-corrected chi connectivity index (χ0v) is 38.3. The zero-order valence-electron chi connectivity index (χ0n) is 37.5. The molecule has 3 atom stereocenters. The Labute approximate surface area is 372 Å². The number of anilines is 4. The van der Waals surface area contributed by atoms with E-state index in [9.17, 15) is 24.0 Å². The highest BCUT2D eigenvalue weighted by Gasteiger charge is 2.62. The molecule has 16 heteroatoms. The Morgan fingerprint density at radius 3 is 2.37 bits per heavy atom. The third kappa shape index (κ3) is 9.83. The van der Waals surface area contributed by atoms with Crippen molar-refractivity contribution >= 4 is 66.1 Å². The Morgan fingerprint density at radius 2 is 1.74 bits per heavy atom. The third-order valence-corrected chi connectivity index (χ3v) is 15.2. The first kappa shape index (κ1) is 45.9. The fraction of sp³-hybridized carbons (Fsp3) is 0.674. The van der Waals surface area contributed by atoms with Crippen molar-refractivity contribution in [3.05, 3.63) is 35.5 Å². The highest BCUT2D eigenvalue weighted by molar-refractivity contribution is 7.94. The maximum atomic E-state index is 13.5. The number of rotatable bonds is 17. The first-order valence-electron chi connectivity index (χ1n) is 22.9. The van der Waals surface area contributed by atoms with Gasteiger partial charge in [0.15, 0.2) is 0 Å². The largest absolute Gasteiger partial charge is 0.376 e. The number of fused-ring (bicyclic) bond motifs is 2. The topological polar surface area (TPSA) is 155 Å². The molecule has 2 spiro atoms. The summed E-state index contributed by atoms with van der Waals surface area (Å²) < 4.78 is 5.11. The van der Waals surface area contributed by atoms with Crippen molar-refractivity contribution in [1.82, 2.24) is 28.8 Å². The SMILES string of the molecule is CC1CCCC1N1C(=O)C2(CC2)c2cnc(NC3CCN(SN4CC5(CCCN(C)C5)C4)CC3)nc21.CNC(=O)C(CCC=O)N(C=O)c1cccc(CCCC=O)c1N(C)C. The number of likely N-dealkylation sites (N-methyl/N-ethyl adjacent to an activating group) is 1. The molecule has 2 N–H and O–H groups in total. The van der Waals surface area contributed by atoms with E-state index < -0.39 is 6.04 Å². The van der Waals surface area contributed by atoms with E-state index in [0.717, 1.165) is 80.4 Å². The number of amides is 3. The Hall–Kier alpha value is -4.12. The van der Waals surface area contributed by atoms with E-state index in [1.807, 2.05) is 49.5 Å². The molecule has 3 amide bonds. The number of para-hydroxylation sites is 1. The molecule has 3 unspecified atom stereocenters. The van der Waals surface area contributed by atoms with E-state index in [4.69, 9.17) is 9.97 Å². The van der Waals surface area contributed by atoms with Gasteiger partial charge in [-0.05, 0) is 102 Å². The minimum Gasteiger partial charge on any atom is -0.376 e. The van der Waals surface area contributed by atoms with E-state index in [1.165, 1.54) is 63.8 Å². The van der Waals surface area contributed by atoms with Gasteiger partial charge in [-0.3, -0.25) is 19.3 Å². The van der Waals surface area contributed by atoms with Crippen LogP contribution in [0.4, 0.5) is 23.1 Å². The molecule has 2 saturated carbocycles. The van der Waals surface area contributed by atoms with E-state index in [0.29, 0.717) is 66.6 Å². The highest BCUT2D eigenvalue weighted by Crippen LogP contribution is 2.58. The standard InChI is InChI=1S/C27H41N7OS.C19H27N3O4/c1-19-5-3-6-22(19)34-23-21(27(10-11-27)24(34)35)15-28-25(30-23)29-20-7-13-32(14-8-20)36-33-17-26(18-33)9-4-12-31(2)16-26;1-20-19(26)17(11-7-13-24)22(14-25)16-10-6-9-15(8-4-5-12-23)18(16)21(2)3/h15,19-20,22H,3-14,16-18H2,1-2H3,(H,28,29,30);6,9-10,12-14,17H,4-5,7-8,11H2,1-3H3,(H,20,26). The number of aldehydes is 2. The summed E-state index contributed by atoms with van der Waals surface area (Å²) in [5.74, 6) is 2.12. The highest BCUT2D eigenvalue weighted by atomic mass is 32.2. The van der Waals surface area contributed by atoms with Gasteiger partial charge in [0.2, 0.25) is 24.2 Å². The fourth-order valence-corrected chi connectivity index (χ4v) is 12.1. The van der Waals surface area contributed by atoms with Crippen molar-refractivity contribution < 1.29 is 24.0 Å². The molecule has 1 aromatic heterocycles. The molecule has 62 heavy (non-hydrogen) atoms. The number of piperidine rings is 2. The van der Waals surface area contributed by atoms with Crippen LogP contribution in [0.25, 0.3) is 0 Å². The number of hydrogen-bond acceptors (Lipinski definition) is 13. The molecule has 5 heterocycles. The molecule has 3 saturated heterocycles. The molecule has 1 aromatic carbocycles. The van der Waals surface area contributed by atoms with Crippen LogP contribution in [0.3, 0.4) is 0 Å². The van der Waals surface area contributed by atoms with Crippen LogP contribution in [0, 0.1) is 11.3 Å². The van der Waals surface area contributed by atoms with Crippen LogP contribution in [-0.2, 0) is 35.8 Å². The average molecular weight is 873 g/mol. The van der Waals surface area contributed by atoms with Crippen LogP contribution < -0.4 is 25.3 Å². The summed E-state index contributed by atoms with van der Waals surface area (Å²) >= 11 is 1.97. The molecule has 4 aliphatic heterocycles. The number of benzene rings is 1. The molecule has 6 aliphatic rings. The molecule has 8 rings (SSSR count). The lowest BCUT2D eigenvalue weighted by atomic mass is 9.75. The second-order valence-corrected chi connectivity index (χ2v) is 20.1. The Kier molecular flexibility index (Phi) is 14.9. The van der Waals surface area contributed by atoms with Gasteiger partial charge in [-0.15, -0.1) is 0 Å². The minimum absolute atomic E-state index is 0.179. The van der Waals surface area contributed by atoms with Crippen LogP contribution in [-0.4, -0.2) is 140 Å². The van der Waals surface area contributed by atoms with Gasteiger partial charge in [-0.2, -0.15) is 4.98 Å². The minimum atomic E-state index is -0.772. The summed E-state index contributed by atoms with van der Waals surface area (Å²) in [4.78, 5) is 76.5. The summed E-state index contributed by atoms with van der Waals surface area (Å²) in [5.41, 5.74) is 3.75. The molecule has 2 aromatic rings. The number of likely N-dealkylation sites (tertiary alicyclic amines) is 1. The van der Waals surface area contributed by atoms with Crippen LogP contribution in [0.5, 0.6) is 0 Å². The Bertz CT molecular complexity index is 1920. The summed E-state index contributed by atoms with van der Waals surface area (Å²) in [5, 5.41) is 6.19. The van der Waals surface area contributed by atoms with E-state index in [1.54, 1.807) is 6.07 Å².